The predicted molar refractivity (Wildman–Crippen MR) is 45.9 cm³/mol. The minimum Gasteiger partial charge on any atom is -0.394 e. The number of hydrogen-bond donors (Lipinski definition) is 4. The summed E-state index contributed by atoms with van der Waals surface area (Å²) in [5.74, 6) is 0. The van der Waals surface area contributed by atoms with Crippen LogP contribution in [0.3, 0.4) is 0 Å². The van der Waals surface area contributed by atoms with Crippen LogP contribution in [0.25, 0.3) is 0 Å². The zero-order valence-electron chi connectivity index (χ0n) is 7.21. The van der Waals surface area contributed by atoms with Crippen LogP contribution in [0.5, 0.6) is 0 Å². The summed E-state index contributed by atoms with van der Waals surface area (Å²) in [6, 6.07) is -0.699. The van der Waals surface area contributed by atoms with Crippen molar-refractivity contribution in [1.82, 2.24) is 0 Å². The lowest BCUT2D eigenvalue weighted by molar-refractivity contribution is -0.176. The largest absolute Gasteiger partial charge is 0.394 e. The monoisotopic (exact) mass is 189 g/mol. The molecule has 1 saturated heterocycles. The first-order valence-electron chi connectivity index (χ1n) is 4.12. The molecule has 1 aliphatic heterocycles. The molecule has 76 valence electrons. The minimum absolute atomic E-state index is 0.352. The molecule has 0 spiro atoms. The van der Waals surface area contributed by atoms with Gasteiger partial charge in [-0.1, -0.05) is 6.08 Å². The molecule has 1 rings (SSSR count). The van der Waals surface area contributed by atoms with Gasteiger partial charge in [0.15, 0.2) is 0 Å². The van der Waals surface area contributed by atoms with Gasteiger partial charge in [0.2, 0.25) is 0 Å². The Morgan fingerprint density at radius 2 is 2.00 bits per heavy atom. The van der Waals surface area contributed by atoms with Crippen LogP contribution in [-0.2, 0) is 4.74 Å². The molecule has 0 saturated carbocycles. The molecule has 13 heavy (non-hydrogen) atoms. The maximum atomic E-state index is 9.44. The first-order valence-corrected chi connectivity index (χ1v) is 4.12. The normalized spacial score (nSPS) is 46.0. The van der Waals surface area contributed by atoms with E-state index in [-0.39, 0.29) is 6.61 Å². The second kappa shape index (κ2) is 4.17. The quantitative estimate of drug-likeness (QED) is 0.376. The molecule has 4 unspecified atom stereocenters. The first kappa shape index (κ1) is 10.6. The second-order valence-electron chi connectivity index (χ2n) is 3.12. The van der Waals surface area contributed by atoms with Gasteiger partial charge < -0.3 is 25.8 Å². The highest BCUT2D eigenvalue weighted by Gasteiger charge is 2.40. The van der Waals surface area contributed by atoms with E-state index in [1.807, 2.05) is 0 Å². The summed E-state index contributed by atoms with van der Waals surface area (Å²) in [6.45, 7) is 3.13. The van der Waals surface area contributed by atoms with Gasteiger partial charge in [0.25, 0.3) is 0 Å². The lowest BCUT2D eigenvalue weighted by atomic mass is 9.94. The van der Waals surface area contributed by atoms with Gasteiger partial charge in [-0.05, 0) is 0 Å². The summed E-state index contributed by atoms with van der Waals surface area (Å²) in [4.78, 5) is 0. The van der Waals surface area contributed by atoms with E-state index >= 15 is 0 Å². The van der Waals surface area contributed by atoms with Crippen LogP contribution in [0.1, 0.15) is 0 Å². The van der Waals surface area contributed by atoms with Gasteiger partial charge >= 0.3 is 0 Å². The van der Waals surface area contributed by atoms with Crippen LogP contribution in [-0.4, -0.2) is 52.4 Å². The van der Waals surface area contributed by atoms with Gasteiger partial charge in [-0.15, -0.1) is 6.58 Å². The SMILES string of the molecule is C=C[C@H]1OC(CO)C(O)C(O)C1N. The smallest absolute Gasteiger partial charge is 0.110 e. The number of aliphatic hydroxyl groups is 3. The molecule has 1 fully saturated rings. The van der Waals surface area contributed by atoms with E-state index in [1.54, 1.807) is 0 Å². The molecule has 1 heterocycles. The van der Waals surface area contributed by atoms with Crippen LogP contribution in [0.15, 0.2) is 12.7 Å². The van der Waals surface area contributed by atoms with Crippen molar-refractivity contribution in [2.75, 3.05) is 6.61 Å². The van der Waals surface area contributed by atoms with Crippen molar-refractivity contribution in [3.05, 3.63) is 12.7 Å². The van der Waals surface area contributed by atoms with Gasteiger partial charge in [0, 0.05) is 0 Å². The third-order valence-corrected chi connectivity index (χ3v) is 2.25. The number of hydrogen-bond acceptors (Lipinski definition) is 5. The van der Waals surface area contributed by atoms with Crippen LogP contribution in [0.4, 0.5) is 0 Å². The fourth-order valence-electron chi connectivity index (χ4n) is 1.38. The molecule has 5 heteroatoms. The number of rotatable bonds is 2. The molecular formula is C8H15NO4. The summed E-state index contributed by atoms with van der Waals surface area (Å²) >= 11 is 0. The molecule has 1 aliphatic rings. The molecule has 0 bridgehead atoms. The average molecular weight is 189 g/mol. The highest BCUT2D eigenvalue weighted by molar-refractivity contribution is 5.00. The summed E-state index contributed by atoms with van der Waals surface area (Å²) in [5, 5.41) is 27.6. The maximum Gasteiger partial charge on any atom is 0.110 e. The Morgan fingerprint density at radius 3 is 2.46 bits per heavy atom. The molecule has 5 nitrogen and oxygen atoms in total. The Bertz CT molecular complexity index is 185. The molecule has 0 aromatic rings. The molecular weight excluding hydrogens is 174 g/mol. The molecule has 0 aromatic heterocycles. The van der Waals surface area contributed by atoms with Crippen LogP contribution >= 0.6 is 0 Å². The first-order chi connectivity index (χ1) is 6.11. The third kappa shape index (κ3) is 1.90. The van der Waals surface area contributed by atoms with Crippen LogP contribution in [0, 0.1) is 0 Å². The fourth-order valence-corrected chi connectivity index (χ4v) is 1.38. The molecule has 0 aliphatic carbocycles. The van der Waals surface area contributed by atoms with Crippen molar-refractivity contribution in [1.29, 1.82) is 0 Å². The number of aliphatic hydroxyl groups excluding tert-OH is 3. The Morgan fingerprint density at radius 1 is 1.38 bits per heavy atom. The van der Waals surface area contributed by atoms with Crippen LogP contribution < -0.4 is 5.73 Å². The van der Waals surface area contributed by atoms with E-state index in [1.165, 1.54) is 6.08 Å². The minimum atomic E-state index is -1.14. The Kier molecular flexibility index (Phi) is 3.40. The third-order valence-electron chi connectivity index (χ3n) is 2.25. The van der Waals surface area contributed by atoms with E-state index < -0.39 is 30.5 Å². The molecule has 0 radical (unpaired) electrons. The van der Waals surface area contributed by atoms with E-state index in [0.29, 0.717) is 0 Å². The van der Waals surface area contributed by atoms with E-state index in [9.17, 15) is 10.2 Å². The van der Waals surface area contributed by atoms with Gasteiger partial charge in [0.1, 0.15) is 18.3 Å². The summed E-state index contributed by atoms with van der Waals surface area (Å²) in [7, 11) is 0. The highest BCUT2D eigenvalue weighted by Crippen LogP contribution is 2.19. The second-order valence-corrected chi connectivity index (χ2v) is 3.12. The predicted octanol–water partition coefficient (Wildman–Crippen LogP) is -2.02. The van der Waals surface area contributed by atoms with Crippen molar-refractivity contribution in [2.45, 2.75) is 30.5 Å². The summed E-state index contributed by atoms with van der Waals surface area (Å²) in [6.07, 6.45) is -2.11. The average Bonchev–Trinajstić information content (AvgIpc) is 2.15. The molecule has 5 atom stereocenters. The Balaban J connectivity index is 2.71. The zero-order valence-corrected chi connectivity index (χ0v) is 7.21. The summed E-state index contributed by atoms with van der Waals surface area (Å²) in [5.41, 5.74) is 5.55. The van der Waals surface area contributed by atoms with Gasteiger partial charge in [-0.2, -0.15) is 0 Å². The van der Waals surface area contributed by atoms with Gasteiger partial charge in [-0.3, -0.25) is 0 Å². The maximum absolute atomic E-state index is 9.44. The molecule has 5 N–H and O–H groups in total. The fraction of sp³-hybridized carbons (Fsp3) is 0.750. The highest BCUT2D eigenvalue weighted by atomic mass is 16.5. The van der Waals surface area contributed by atoms with E-state index in [2.05, 4.69) is 6.58 Å². The lowest BCUT2D eigenvalue weighted by Gasteiger charge is -2.39. The Labute approximate surface area is 76.4 Å². The van der Waals surface area contributed by atoms with Crippen molar-refractivity contribution < 1.29 is 20.1 Å². The lowest BCUT2D eigenvalue weighted by Crippen LogP contribution is -2.61. The van der Waals surface area contributed by atoms with Crippen LogP contribution in [0.2, 0.25) is 0 Å². The molecule has 0 aromatic carbocycles. The van der Waals surface area contributed by atoms with Gasteiger partial charge in [-0.25, -0.2) is 0 Å². The zero-order chi connectivity index (χ0) is 10.0. The summed E-state index contributed by atoms with van der Waals surface area (Å²) < 4.78 is 5.18. The van der Waals surface area contributed by atoms with Crippen molar-refractivity contribution in [2.24, 2.45) is 5.73 Å². The van der Waals surface area contributed by atoms with Crippen molar-refractivity contribution >= 4 is 0 Å². The van der Waals surface area contributed by atoms with E-state index in [4.69, 9.17) is 15.6 Å². The number of ether oxygens (including phenoxy) is 1. The van der Waals surface area contributed by atoms with Crippen molar-refractivity contribution in [3.8, 4) is 0 Å². The standard InChI is InChI=1S/C8H15NO4/c1-2-4-6(9)8(12)7(11)5(3-10)13-4/h2,4-8,10-12H,1,3,9H2/t4-,5?,6?,7?,8?/m1/s1. The van der Waals surface area contributed by atoms with Crippen molar-refractivity contribution in [3.63, 3.8) is 0 Å². The Hall–Kier alpha value is -0.460. The molecule has 0 amide bonds. The topological polar surface area (TPSA) is 95.9 Å². The van der Waals surface area contributed by atoms with Gasteiger partial charge in [0.05, 0.1) is 18.8 Å². The number of nitrogens with two attached hydrogens (primary N) is 1. The van der Waals surface area contributed by atoms with E-state index in [0.717, 1.165) is 0 Å².